The summed E-state index contributed by atoms with van der Waals surface area (Å²) >= 11 is 0. The highest BCUT2D eigenvalue weighted by Crippen LogP contribution is 2.26. The van der Waals surface area contributed by atoms with Gasteiger partial charge in [-0.05, 0) is 24.2 Å². The van der Waals surface area contributed by atoms with Gasteiger partial charge in [0.05, 0.1) is 6.04 Å². The van der Waals surface area contributed by atoms with Gasteiger partial charge in [0, 0.05) is 6.54 Å². The summed E-state index contributed by atoms with van der Waals surface area (Å²) < 4.78 is 0. The molecule has 1 aliphatic heterocycles. The maximum atomic E-state index is 12.3. The molecule has 1 aliphatic rings. The Hall–Kier alpha value is -1.10. The molecule has 104 valence electrons. The van der Waals surface area contributed by atoms with Gasteiger partial charge in [0.15, 0.2) is 0 Å². The molecule has 5 nitrogen and oxygen atoms in total. The Kier molecular flexibility index (Phi) is 4.37. The number of likely N-dealkylation sites (tertiary alicyclic amines) is 1. The minimum atomic E-state index is -0.934. The van der Waals surface area contributed by atoms with Gasteiger partial charge in [-0.1, -0.05) is 27.7 Å². The first kappa shape index (κ1) is 15.0. The SMILES string of the molecule is CC1CCN(C(=O)[C@H](N)C(C)(C)C)C(C(=O)O)C1. The van der Waals surface area contributed by atoms with Crippen LogP contribution in [0.5, 0.6) is 0 Å². The van der Waals surface area contributed by atoms with Gasteiger partial charge in [0.1, 0.15) is 6.04 Å². The van der Waals surface area contributed by atoms with Crippen molar-refractivity contribution in [3.8, 4) is 0 Å². The fourth-order valence-corrected chi connectivity index (χ4v) is 2.19. The maximum absolute atomic E-state index is 12.3. The Morgan fingerprint density at radius 2 is 1.94 bits per heavy atom. The third kappa shape index (κ3) is 3.22. The number of amides is 1. The number of hydrogen-bond acceptors (Lipinski definition) is 3. The van der Waals surface area contributed by atoms with Crippen LogP contribution in [0.15, 0.2) is 0 Å². The van der Waals surface area contributed by atoms with Gasteiger partial charge in [-0.2, -0.15) is 0 Å². The molecule has 3 atom stereocenters. The van der Waals surface area contributed by atoms with Crippen molar-refractivity contribution in [2.45, 2.75) is 52.6 Å². The highest BCUT2D eigenvalue weighted by molar-refractivity contribution is 5.87. The number of rotatable bonds is 2. The van der Waals surface area contributed by atoms with Crippen molar-refractivity contribution in [3.63, 3.8) is 0 Å². The second-order valence-corrected chi connectivity index (χ2v) is 6.36. The first-order valence-corrected chi connectivity index (χ1v) is 6.43. The molecule has 0 aromatic carbocycles. The molecule has 1 amide bonds. The number of nitrogens with two attached hydrogens (primary N) is 1. The normalized spacial score (nSPS) is 26.8. The lowest BCUT2D eigenvalue weighted by Crippen LogP contribution is -2.57. The minimum Gasteiger partial charge on any atom is -0.480 e. The Labute approximate surface area is 108 Å². The summed E-state index contributed by atoms with van der Waals surface area (Å²) in [7, 11) is 0. The molecular weight excluding hydrogens is 232 g/mol. The van der Waals surface area contributed by atoms with Crippen molar-refractivity contribution in [3.05, 3.63) is 0 Å². The van der Waals surface area contributed by atoms with Crippen LogP contribution >= 0.6 is 0 Å². The van der Waals surface area contributed by atoms with Crippen LogP contribution in [0, 0.1) is 11.3 Å². The molecule has 2 unspecified atom stereocenters. The number of nitrogens with zero attached hydrogens (tertiary/aromatic N) is 1. The van der Waals surface area contributed by atoms with Crippen LogP contribution < -0.4 is 5.73 Å². The summed E-state index contributed by atoms with van der Waals surface area (Å²) in [5.74, 6) is -0.848. The van der Waals surface area contributed by atoms with E-state index in [2.05, 4.69) is 0 Å². The van der Waals surface area contributed by atoms with E-state index in [0.717, 1.165) is 6.42 Å². The van der Waals surface area contributed by atoms with Crippen molar-refractivity contribution in [2.75, 3.05) is 6.54 Å². The fraction of sp³-hybridized carbons (Fsp3) is 0.846. The van der Waals surface area contributed by atoms with Crippen LogP contribution in [0.25, 0.3) is 0 Å². The van der Waals surface area contributed by atoms with Crippen LogP contribution in [0.2, 0.25) is 0 Å². The van der Waals surface area contributed by atoms with Crippen LogP contribution in [0.1, 0.15) is 40.5 Å². The lowest BCUT2D eigenvalue weighted by molar-refractivity contribution is -0.154. The van der Waals surface area contributed by atoms with E-state index in [9.17, 15) is 14.7 Å². The number of carbonyl (C=O) groups excluding carboxylic acids is 1. The zero-order valence-electron chi connectivity index (χ0n) is 11.6. The number of hydrogen-bond donors (Lipinski definition) is 2. The number of carboxylic acids is 1. The van der Waals surface area contributed by atoms with Gasteiger partial charge < -0.3 is 15.7 Å². The Balaban J connectivity index is 2.86. The van der Waals surface area contributed by atoms with Crippen molar-refractivity contribution in [2.24, 2.45) is 17.1 Å². The van der Waals surface area contributed by atoms with Crippen molar-refractivity contribution < 1.29 is 14.7 Å². The summed E-state index contributed by atoms with van der Waals surface area (Å²) in [6.07, 6.45) is 1.35. The van der Waals surface area contributed by atoms with E-state index >= 15 is 0 Å². The van der Waals surface area contributed by atoms with Crippen LogP contribution in [0.4, 0.5) is 0 Å². The standard InChI is InChI=1S/C13H24N2O3/c1-8-5-6-15(9(7-8)12(17)18)11(16)10(14)13(2,3)4/h8-10H,5-7,14H2,1-4H3,(H,17,18)/t8?,9?,10-/m0/s1. The highest BCUT2D eigenvalue weighted by atomic mass is 16.4. The summed E-state index contributed by atoms with van der Waals surface area (Å²) in [5.41, 5.74) is 5.58. The van der Waals surface area contributed by atoms with Gasteiger partial charge in [-0.3, -0.25) is 4.79 Å². The minimum absolute atomic E-state index is 0.248. The number of carbonyl (C=O) groups is 2. The average Bonchev–Trinajstić information content (AvgIpc) is 2.25. The Morgan fingerprint density at radius 3 is 2.39 bits per heavy atom. The number of carboxylic acid groups (broad SMARTS) is 1. The van der Waals surface area contributed by atoms with E-state index in [0.29, 0.717) is 18.9 Å². The maximum Gasteiger partial charge on any atom is 0.326 e. The zero-order valence-corrected chi connectivity index (χ0v) is 11.6. The summed E-state index contributed by atoms with van der Waals surface area (Å²) in [6.45, 7) is 8.16. The summed E-state index contributed by atoms with van der Waals surface area (Å²) in [5, 5.41) is 9.23. The second kappa shape index (κ2) is 5.26. The smallest absolute Gasteiger partial charge is 0.326 e. The molecule has 0 bridgehead atoms. The molecule has 0 aliphatic carbocycles. The summed E-state index contributed by atoms with van der Waals surface area (Å²) in [6, 6.07) is -1.39. The van der Waals surface area contributed by atoms with E-state index in [1.165, 1.54) is 4.90 Å². The van der Waals surface area contributed by atoms with Crippen molar-refractivity contribution in [1.82, 2.24) is 4.90 Å². The summed E-state index contributed by atoms with van der Waals surface area (Å²) in [4.78, 5) is 25.0. The molecule has 3 N–H and O–H groups in total. The largest absolute Gasteiger partial charge is 0.480 e. The highest BCUT2D eigenvalue weighted by Gasteiger charge is 2.39. The molecule has 0 radical (unpaired) electrons. The van der Waals surface area contributed by atoms with Crippen LogP contribution in [-0.4, -0.2) is 40.5 Å². The van der Waals surface area contributed by atoms with E-state index in [1.54, 1.807) is 0 Å². The first-order chi connectivity index (χ1) is 8.14. The van der Waals surface area contributed by atoms with Crippen LogP contribution in [0.3, 0.4) is 0 Å². The van der Waals surface area contributed by atoms with E-state index in [4.69, 9.17) is 5.73 Å². The monoisotopic (exact) mass is 256 g/mol. The van der Waals surface area contributed by atoms with Gasteiger partial charge in [0.2, 0.25) is 5.91 Å². The predicted octanol–water partition coefficient (Wildman–Crippen LogP) is 1.07. The molecule has 0 spiro atoms. The lowest BCUT2D eigenvalue weighted by atomic mass is 9.85. The quantitative estimate of drug-likeness (QED) is 0.774. The fourth-order valence-electron chi connectivity index (χ4n) is 2.19. The lowest BCUT2D eigenvalue weighted by Gasteiger charge is -2.39. The van der Waals surface area contributed by atoms with Gasteiger partial charge in [0.25, 0.3) is 0 Å². The third-order valence-electron chi connectivity index (χ3n) is 3.63. The van der Waals surface area contributed by atoms with Crippen molar-refractivity contribution in [1.29, 1.82) is 0 Å². The van der Waals surface area contributed by atoms with Crippen LogP contribution in [-0.2, 0) is 9.59 Å². The average molecular weight is 256 g/mol. The number of piperidine rings is 1. The van der Waals surface area contributed by atoms with Crippen molar-refractivity contribution >= 4 is 11.9 Å². The molecule has 1 saturated heterocycles. The Bertz CT molecular complexity index is 336. The molecule has 0 aromatic heterocycles. The zero-order chi connectivity index (χ0) is 14.1. The molecule has 0 aromatic rings. The molecule has 1 rings (SSSR count). The molecule has 1 fully saturated rings. The molecule has 0 saturated carbocycles. The third-order valence-corrected chi connectivity index (χ3v) is 3.63. The van der Waals surface area contributed by atoms with Gasteiger partial charge in [-0.25, -0.2) is 4.79 Å². The molecule has 18 heavy (non-hydrogen) atoms. The molecular formula is C13H24N2O3. The molecule has 5 heteroatoms. The molecule has 1 heterocycles. The van der Waals surface area contributed by atoms with E-state index < -0.39 is 18.1 Å². The Morgan fingerprint density at radius 1 is 1.39 bits per heavy atom. The van der Waals surface area contributed by atoms with Gasteiger partial charge >= 0.3 is 5.97 Å². The topological polar surface area (TPSA) is 83.6 Å². The first-order valence-electron chi connectivity index (χ1n) is 6.43. The van der Waals surface area contributed by atoms with E-state index in [-0.39, 0.29) is 11.3 Å². The second-order valence-electron chi connectivity index (χ2n) is 6.36. The number of aliphatic carboxylic acids is 1. The van der Waals surface area contributed by atoms with E-state index in [1.807, 2.05) is 27.7 Å². The predicted molar refractivity (Wildman–Crippen MR) is 69.0 cm³/mol. The van der Waals surface area contributed by atoms with Gasteiger partial charge in [-0.15, -0.1) is 0 Å².